The number of hydrogen-bond donors (Lipinski definition) is 1. The first-order valence-corrected chi connectivity index (χ1v) is 9.36. The molecule has 0 saturated carbocycles. The number of rotatable bonds is 7. The topological polar surface area (TPSA) is 74.2 Å². The van der Waals surface area contributed by atoms with Gasteiger partial charge in [-0.2, -0.15) is 0 Å². The zero-order valence-corrected chi connectivity index (χ0v) is 16.1. The molecule has 1 heterocycles. The van der Waals surface area contributed by atoms with Crippen LogP contribution in [0.4, 0.5) is 0 Å². The van der Waals surface area contributed by atoms with Gasteiger partial charge in [-0.1, -0.05) is 60.7 Å². The Labute approximate surface area is 165 Å². The third kappa shape index (κ3) is 5.39. The number of carbonyl (C=O) groups is 1. The van der Waals surface area contributed by atoms with Crippen LogP contribution in [0, 0.1) is 0 Å². The largest absolute Gasteiger partial charge is 0.457 e. The van der Waals surface area contributed by atoms with E-state index < -0.39 is 36.7 Å². The van der Waals surface area contributed by atoms with Crippen molar-refractivity contribution in [3.63, 3.8) is 0 Å². The molecule has 2 aromatic rings. The van der Waals surface area contributed by atoms with Crippen LogP contribution in [0.3, 0.4) is 0 Å². The third-order valence-corrected chi connectivity index (χ3v) is 4.62. The fraction of sp³-hybridized carbons (Fsp3) is 0.409. The standard InChI is InChI=1S/C22H26O6/c1-15-19(25-13-17-9-5-3-6-10-17)20(28-16(2)23)21(22(24)27-15)26-14-18-11-7-4-8-12-18/h3-12,15,19-22,24H,13-14H2,1-2H3/t15-,19-,20+,21+,22+/m0/s1. The first-order valence-electron chi connectivity index (χ1n) is 9.36. The molecule has 1 aliphatic rings. The third-order valence-electron chi connectivity index (χ3n) is 4.62. The van der Waals surface area contributed by atoms with Crippen LogP contribution in [0.25, 0.3) is 0 Å². The van der Waals surface area contributed by atoms with Crippen molar-refractivity contribution in [1.29, 1.82) is 0 Å². The maximum atomic E-state index is 11.7. The summed E-state index contributed by atoms with van der Waals surface area (Å²) in [5.74, 6) is -0.465. The van der Waals surface area contributed by atoms with Crippen molar-refractivity contribution >= 4 is 5.97 Å². The molecular weight excluding hydrogens is 360 g/mol. The van der Waals surface area contributed by atoms with E-state index in [1.807, 2.05) is 60.7 Å². The van der Waals surface area contributed by atoms with E-state index >= 15 is 0 Å². The van der Waals surface area contributed by atoms with E-state index in [2.05, 4.69) is 0 Å². The van der Waals surface area contributed by atoms with E-state index in [0.717, 1.165) is 11.1 Å². The van der Waals surface area contributed by atoms with Crippen molar-refractivity contribution in [3.05, 3.63) is 71.8 Å². The summed E-state index contributed by atoms with van der Waals surface area (Å²) in [6.07, 6.45) is -3.92. The SMILES string of the molecule is CC(=O)O[C@@H]1[C@@H](OCc2ccccc2)[C@H](C)O[C@@H](O)[C@@H]1OCc1ccccc1. The van der Waals surface area contributed by atoms with Gasteiger partial charge in [0, 0.05) is 6.92 Å². The molecule has 1 aliphatic heterocycles. The zero-order valence-electron chi connectivity index (χ0n) is 16.1. The number of ether oxygens (including phenoxy) is 4. The van der Waals surface area contributed by atoms with Gasteiger partial charge in [-0.3, -0.25) is 4.79 Å². The maximum Gasteiger partial charge on any atom is 0.303 e. The molecular formula is C22H26O6. The highest BCUT2D eigenvalue weighted by atomic mass is 16.7. The van der Waals surface area contributed by atoms with Gasteiger partial charge in [0.15, 0.2) is 12.4 Å². The lowest BCUT2D eigenvalue weighted by atomic mass is 9.99. The lowest BCUT2D eigenvalue weighted by Gasteiger charge is -2.42. The highest BCUT2D eigenvalue weighted by Gasteiger charge is 2.47. The second-order valence-corrected chi connectivity index (χ2v) is 6.83. The smallest absolute Gasteiger partial charge is 0.303 e. The van der Waals surface area contributed by atoms with E-state index in [1.54, 1.807) is 6.92 Å². The van der Waals surface area contributed by atoms with Crippen LogP contribution < -0.4 is 0 Å². The molecule has 28 heavy (non-hydrogen) atoms. The van der Waals surface area contributed by atoms with Crippen molar-refractivity contribution in [2.24, 2.45) is 0 Å². The van der Waals surface area contributed by atoms with Gasteiger partial charge in [0.25, 0.3) is 0 Å². The average Bonchev–Trinajstić information content (AvgIpc) is 2.68. The van der Waals surface area contributed by atoms with Gasteiger partial charge in [0.1, 0.15) is 12.2 Å². The number of benzene rings is 2. The van der Waals surface area contributed by atoms with Crippen LogP contribution in [0.5, 0.6) is 0 Å². The second-order valence-electron chi connectivity index (χ2n) is 6.83. The fourth-order valence-corrected chi connectivity index (χ4v) is 3.26. The van der Waals surface area contributed by atoms with Crippen LogP contribution in [0.15, 0.2) is 60.7 Å². The van der Waals surface area contributed by atoms with Crippen LogP contribution in [-0.2, 0) is 37.0 Å². The summed E-state index contributed by atoms with van der Waals surface area (Å²) in [6.45, 7) is 3.69. The molecule has 0 aliphatic carbocycles. The molecule has 6 nitrogen and oxygen atoms in total. The Morgan fingerprint density at radius 3 is 1.89 bits per heavy atom. The highest BCUT2D eigenvalue weighted by molar-refractivity contribution is 5.66. The van der Waals surface area contributed by atoms with Crippen LogP contribution in [0.2, 0.25) is 0 Å². The maximum absolute atomic E-state index is 11.7. The minimum Gasteiger partial charge on any atom is -0.457 e. The summed E-state index contributed by atoms with van der Waals surface area (Å²) in [5, 5.41) is 10.4. The summed E-state index contributed by atoms with van der Waals surface area (Å²) in [4.78, 5) is 11.7. The quantitative estimate of drug-likeness (QED) is 0.738. The van der Waals surface area contributed by atoms with Crippen molar-refractivity contribution in [2.45, 2.75) is 57.8 Å². The van der Waals surface area contributed by atoms with Gasteiger partial charge >= 0.3 is 5.97 Å². The van der Waals surface area contributed by atoms with Crippen LogP contribution in [-0.4, -0.2) is 41.8 Å². The van der Waals surface area contributed by atoms with Gasteiger partial charge in [-0.25, -0.2) is 0 Å². The predicted molar refractivity (Wildman–Crippen MR) is 102 cm³/mol. The minimum atomic E-state index is -1.22. The van der Waals surface area contributed by atoms with Crippen molar-refractivity contribution in [3.8, 4) is 0 Å². The normalized spacial score (nSPS) is 27.3. The molecule has 0 amide bonds. The first kappa shape index (κ1) is 20.5. The lowest BCUT2D eigenvalue weighted by Crippen LogP contribution is -2.59. The van der Waals surface area contributed by atoms with E-state index in [4.69, 9.17) is 18.9 Å². The Balaban J connectivity index is 1.73. The minimum absolute atomic E-state index is 0.253. The predicted octanol–water partition coefficient (Wildman–Crippen LogP) is 2.83. The molecule has 1 saturated heterocycles. The second kappa shape index (κ2) is 9.80. The Morgan fingerprint density at radius 2 is 1.39 bits per heavy atom. The molecule has 0 radical (unpaired) electrons. The molecule has 0 aromatic heterocycles. The molecule has 1 fully saturated rings. The molecule has 1 N–H and O–H groups in total. The van der Waals surface area contributed by atoms with E-state index in [1.165, 1.54) is 6.92 Å². The lowest BCUT2D eigenvalue weighted by molar-refractivity contribution is -0.301. The molecule has 2 aromatic carbocycles. The Kier molecular flexibility index (Phi) is 7.17. The van der Waals surface area contributed by atoms with Gasteiger partial charge in [-0.05, 0) is 18.1 Å². The molecule has 3 rings (SSSR count). The number of aliphatic hydroxyl groups excluding tert-OH is 1. The zero-order chi connectivity index (χ0) is 19.9. The summed E-state index contributed by atoms with van der Waals surface area (Å²) in [7, 11) is 0. The summed E-state index contributed by atoms with van der Waals surface area (Å²) < 4.78 is 23.0. The fourth-order valence-electron chi connectivity index (χ4n) is 3.26. The Bertz CT molecular complexity index is 680. The van der Waals surface area contributed by atoms with Crippen LogP contribution >= 0.6 is 0 Å². The summed E-state index contributed by atoms with van der Waals surface area (Å²) in [5.41, 5.74) is 1.93. The monoisotopic (exact) mass is 386 g/mol. The molecule has 6 heteroatoms. The number of esters is 1. The molecule has 5 atom stereocenters. The van der Waals surface area contributed by atoms with Crippen molar-refractivity contribution < 1.29 is 28.8 Å². The van der Waals surface area contributed by atoms with E-state index in [0.29, 0.717) is 6.61 Å². The molecule has 150 valence electrons. The van der Waals surface area contributed by atoms with Crippen molar-refractivity contribution in [1.82, 2.24) is 0 Å². The Hall–Kier alpha value is -2.25. The summed E-state index contributed by atoms with van der Waals surface area (Å²) >= 11 is 0. The molecule has 0 spiro atoms. The van der Waals surface area contributed by atoms with Gasteiger partial charge in [0.05, 0.1) is 19.3 Å². The van der Waals surface area contributed by atoms with Gasteiger partial charge < -0.3 is 24.1 Å². The summed E-state index contributed by atoms with van der Waals surface area (Å²) in [6, 6.07) is 19.3. The Morgan fingerprint density at radius 1 is 0.893 bits per heavy atom. The molecule has 0 bridgehead atoms. The van der Waals surface area contributed by atoms with E-state index in [9.17, 15) is 9.90 Å². The number of hydrogen-bond acceptors (Lipinski definition) is 6. The number of carbonyl (C=O) groups excluding carboxylic acids is 1. The number of aliphatic hydroxyl groups is 1. The van der Waals surface area contributed by atoms with Gasteiger partial charge in [0.2, 0.25) is 0 Å². The average molecular weight is 386 g/mol. The first-order chi connectivity index (χ1) is 13.5. The van der Waals surface area contributed by atoms with Gasteiger partial charge in [-0.15, -0.1) is 0 Å². The van der Waals surface area contributed by atoms with Crippen LogP contribution in [0.1, 0.15) is 25.0 Å². The highest BCUT2D eigenvalue weighted by Crippen LogP contribution is 2.28. The molecule has 0 unspecified atom stereocenters. The van der Waals surface area contributed by atoms with E-state index in [-0.39, 0.29) is 6.61 Å². The van der Waals surface area contributed by atoms with Crippen molar-refractivity contribution in [2.75, 3.05) is 0 Å².